The predicted molar refractivity (Wildman–Crippen MR) is 122 cm³/mol. The van der Waals surface area contributed by atoms with Crippen LogP contribution in [0.1, 0.15) is 85.5 Å². The second-order valence-corrected chi connectivity index (χ2v) is 11.8. The molecule has 0 aromatic rings. The lowest BCUT2D eigenvalue weighted by molar-refractivity contribution is -0.197. The number of ether oxygens (including phenoxy) is 1. The average molecular weight is 433 g/mol. The second kappa shape index (κ2) is 8.48. The van der Waals surface area contributed by atoms with Crippen molar-refractivity contribution < 1.29 is 19.7 Å². The van der Waals surface area contributed by atoms with Crippen LogP contribution in [0.25, 0.3) is 0 Å². The van der Waals surface area contributed by atoms with Crippen LogP contribution >= 0.6 is 0 Å². The standard InChI is InChI=1S/C27H44O4/c1-6-18-22-15-17(28)11-13-27(22,4)21-12-14-26(3)19(16(2)7-10-23(29)31-5)8-9-20(26)24(21)25(18)30/h8,16-18,20-22,24-25,28,30H,6-7,9-15H2,1-5H3/t16-,17-,18?,20?,21?,22?,24?,25-,26-,27-/m1/s1. The summed E-state index contributed by atoms with van der Waals surface area (Å²) < 4.78 is 4.86. The third kappa shape index (κ3) is 3.60. The number of aliphatic hydroxyl groups excluding tert-OH is 2. The lowest BCUT2D eigenvalue weighted by Crippen LogP contribution is -2.62. The topological polar surface area (TPSA) is 66.8 Å². The third-order valence-electron chi connectivity index (χ3n) is 10.6. The van der Waals surface area contributed by atoms with Gasteiger partial charge in [-0.3, -0.25) is 4.79 Å². The normalized spacial score (nSPS) is 47.6. The highest BCUT2D eigenvalue weighted by atomic mass is 16.5. The molecule has 0 heterocycles. The number of allylic oxidation sites excluding steroid dienone is 2. The van der Waals surface area contributed by atoms with E-state index in [1.54, 1.807) is 0 Å². The number of esters is 1. The Morgan fingerprint density at radius 2 is 1.94 bits per heavy atom. The summed E-state index contributed by atoms with van der Waals surface area (Å²) in [4.78, 5) is 11.7. The molecule has 31 heavy (non-hydrogen) atoms. The Kier molecular flexibility index (Phi) is 6.37. The largest absolute Gasteiger partial charge is 0.469 e. The average Bonchev–Trinajstić information content (AvgIpc) is 3.10. The Morgan fingerprint density at radius 1 is 1.19 bits per heavy atom. The Hall–Kier alpha value is -0.870. The van der Waals surface area contributed by atoms with Gasteiger partial charge in [0.1, 0.15) is 0 Å². The first kappa shape index (κ1) is 23.3. The molecule has 3 saturated carbocycles. The fourth-order valence-corrected chi connectivity index (χ4v) is 8.92. The molecular weight excluding hydrogens is 388 g/mol. The minimum Gasteiger partial charge on any atom is -0.469 e. The quantitative estimate of drug-likeness (QED) is 0.467. The van der Waals surface area contributed by atoms with Crippen molar-refractivity contribution in [2.24, 2.45) is 46.3 Å². The molecule has 2 N–H and O–H groups in total. The van der Waals surface area contributed by atoms with Crippen LogP contribution in [0, 0.1) is 46.3 Å². The first-order valence-corrected chi connectivity index (χ1v) is 12.8. The first-order chi connectivity index (χ1) is 14.7. The van der Waals surface area contributed by atoms with Gasteiger partial charge in [-0.05, 0) is 91.3 Å². The fourth-order valence-electron chi connectivity index (χ4n) is 8.92. The molecule has 0 bridgehead atoms. The van der Waals surface area contributed by atoms with E-state index in [0.29, 0.717) is 41.9 Å². The maximum absolute atomic E-state index is 11.7. The van der Waals surface area contributed by atoms with Crippen LogP contribution in [0.3, 0.4) is 0 Å². The molecule has 0 spiro atoms. The number of carbonyl (C=O) groups is 1. The van der Waals surface area contributed by atoms with Crippen LogP contribution in [0.4, 0.5) is 0 Å². The van der Waals surface area contributed by atoms with Gasteiger partial charge in [-0.2, -0.15) is 0 Å². The molecule has 4 nitrogen and oxygen atoms in total. The summed E-state index contributed by atoms with van der Waals surface area (Å²) in [6, 6.07) is 0. The molecule has 0 radical (unpaired) electrons. The number of fused-ring (bicyclic) bond motifs is 5. The molecule has 4 heteroatoms. The van der Waals surface area contributed by atoms with Crippen LogP contribution in [0.5, 0.6) is 0 Å². The minimum atomic E-state index is -0.263. The van der Waals surface area contributed by atoms with E-state index in [1.807, 2.05) is 0 Å². The van der Waals surface area contributed by atoms with Crippen molar-refractivity contribution in [1.29, 1.82) is 0 Å². The van der Waals surface area contributed by atoms with Crippen molar-refractivity contribution in [3.63, 3.8) is 0 Å². The number of carbonyl (C=O) groups excluding carboxylic acids is 1. The predicted octanol–water partition coefficient (Wildman–Crippen LogP) is 5.12. The molecule has 0 amide bonds. The summed E-state index contributed by atoms with van der Waals surface area (Å²) in [5, 5.41) is 22.2. The monoisotopic (exact) mass is 432 g/mol. The summed E-state index contributed by atoms with van der Waals surface area (Å²) in [6.07, 6.45) is 10.6. The van der Waals surface area contributed by atoms with Gasteiger partial charge in [0.15, 0.2) is 0 Å². The molecule has 4 aliphatic carbocycles. The Labute approximate surface area is 188 Å². The van der Waals surface area contributed by atoms with Gasteiger partial charge in [0, 0.05) is 6.42 Å². The highest BCUT2D eigenvalue weighted by Gasteiger charge is 2.63. The SMILES string of the molecule is CCC1C2C[C@H](O)CC[C@]2(C)C2CC[C@]3(C)C([C@H](C)CCC(=O)OC)=CCC3C2[C@@H]1O. The lowest BCUT2D eigenvalue weighted by atomic mass is 9.41. The highest BCUT2D eigenvalue weighted by molar-refractivity contribution is 5.69. The van der Waals surface area contributed by atoms with Crippen molar-refractivity contribution in [2.45, 2.75) is 97.7 Å². The number of hydrogen-bond donors (Lipinski definition) is 2. The molecule has 5 unspecified atom stereocenters. The van der Waals surface area contributed by atoms with E-state index in [4.69, 9.17) is 4.74 Å². The zero-order valence-electron chi connectivity index (χ0n) is 20.3. The summed E-state index contributed by atoms with van der Waals surface area (Å²) >= 11 is 0. The smallest absolute Gasteiger partial charge is 0.305 e. The maximum Gasteiger partial charge on any atom is 0.305 e. The first-order valence-electron chi connectivity index (χ1n) is 12.8. The van der Waals surface area contributed by atoms with E-state index in [1.165, 1.54) is 25.5 Å². The van der Waals surface area contributed by atoms with Crippen molar-refractivity contribution in [3.05, 3.63) is 11.6 Å². The molecule has 176 valence electrons. The molecule has 0 aromatic carbocycles. The van der Waals surface area contributed by atoms with Gasteiger partial charge in [0.25, 0.3) is 0 Å². The van der Waals surface area contributed by atoms with Crippen LogP contribution in [0.15, 0.2) is 11.6 Å². The highest BCUT2D eigenvalue weighted by Crippen LogP contribution is 2.68. The van der Waals surface area contributed by atoms with Crippen LogP contribution in [0.2, 0.25) is 0 Å². The molecular formula is C27H44O4. The van der Waals surface area contributed by atoms with Crippen molar-refractivity contribution in [3.8, 4) is 0 Å². The van der Waals surface area contributed by atoms with Crippen molar-refractivity contribution >= 4 is 5.97 Å². The summed E-state index contributed by atoms with van der Waals surface area (Å²) in [7, 11) is 1.47. The van der Waals surface area contributed by atoms with Crippen LogP contribution in [-0.4, -0.2) is 35.5 Å². The Bertz CT molecular complexity index is 716. The molecule has 4 aliphatic rings. The van der Waals surface area contributed by atoms with E-state index < -0.39 is 0 Å². The molecule has 4 rings (SSSR count). The van der Waals surface area contributed by atoms with Gasteiger partial charge in [-0.15, -0.1) is 0 Å². The third-order valence-corrected chi connectivity index (χ3v) is 10.6. The van der Waals surface area contributed by atoms with Crippen molar-refractivity contribution in [1.82, 2.24) is 0 Å². The van der Waals surface area contributed by atoms with E-state index in [0.717, 1.165) is 38.5 Å². The summed E-state index contributed by atoms with van der Waals surface area (Å²) in [6.45, 7) is 9.42. The minimum absolute atomic E-state index is 0.122. The molecule has 3 fully saturated rings. The number of hydrogen-bond acceptors (Lipinski definition) is 4. The summed E-state index contributed by atoms with van der Waals surface area (Å²) in [5.41, 5.74) is 1.89. The van der Waals surface area contributed by atoms with Crippen molar-refractivity contribution in [2.75, 3.05) is 7.11 Å². The zero-order chi connectivity index (χ0) is 22.6. The van der Waals surface area contributed by atoms with E-state index in [2.05, 4.69) is 33.8 Å². The van der Waals surface area contributed by atoms with E-state index in [9.17, 15) is 15.0 Å². The number of rotatable bonds is 5. The molecule has 0 aromatic heterocycles. The van der Waals surface area contributed by atoms with E-state index in [-0.39, 0.29) is 29.0 Å². The molecule has 10 atom stereocenters. The van der Waals surface area contributed by atoms with Gasteiger partial charge in [0.05, 0.1) is 19.3 Å². The van der Waals surface area contributed by atoms with Crippen LogP contribution < -0.4 is 0 Å². The Morgan fingerprint density at radius 3 is 2.61 bits per heavy atom. The van der Waals surface area contributed by atoms with Gasteiger partial charge in [0.2, 0.25) is 0 Å². The van der Waals surface area contributed by atoms with Gasteiger partial charge in [-0.25, -0.2) is 0 Å². The van der Waals surface area contributed by atoms with Crippen LogP contribution in [-0.2, 0) is 9.53 Å². The second-order valence-electron chi connectivity index (χ2n) is 11.8. The fraction of sp³-hybridized carbons (Fsp3) is 0.889. The molecule has 0 aliphatic heterocycles. The summed E-state index contributed by atoms with van der Waals surface area (Å²) in [5.74, 6) is 2.39. The van der Waals surface area contributed by atoms with Gasteiger partial charge < -0.3 is 14.9 Å². The van der Waals surface area contributed by atoms with Gasteiger partial charge in [-0.1, -0.05) is 45.8 Å². The zero-order valence-corrected chi connectivity index (χ0v) is 20.3. The molecule has 0 saturated heterocycles. The number of methoxy groups -OCH3 is 1. The van der Waals surface area contributed by atoms with Gasteiger partial charge >= 0.3 is 5.97 Å². The Balaban J connectivity index is 1.59. The number of aliphatic hydroxyl groups is 2. The maximum atomic E-state index is 11.7. The lowest BCUT2D eigenvalue weighted by Gasteiger charge is -2.64. The van der Waals surface area contributed by atoms with E-state index >= 15 is 0 Å².